The number of alkyl halides is 3. The molecule has 100 valence electrons. The molecule has 0 fully saturated rings. The number of aromatic carboxylic acids is 1. The minimum Gasteiger partial charge on any atom is -0.478 e. The Balaban J connectivity index is 3.27. The van der Waals surface area contributed by atoms with Gasteiger partial charge in [0.2, 0.25) is 0 Å². The van der Waals surface area contributed by atoms with Gasteiger partial charge in [-0.25, -0.2) is 14.8 Å². The number of halogens is 3. The molecule has 0 amide bonds. The number of carboxylic acids is 1. The summed E-state index contributed by atoms with van der Waals surface area (Å²) in [4.78, 5) is 17.7. The minimum absolute atomic E-state index is 0.0141. The molecule has 1 heterocycles. The highest BCUT2D eigenvalue weighted by Crippen LogP contribution is 2.31. The zero-order chi connectivity index (χ0) is 14.1. The second-order valence-electron chi connectivity index (χ2n) is 5.09. The van der Waals surface area contributed by atoms with E-state index in [1.54, 1.807) is 0 Å². The highest BCUT2D eigenvalue weighted by Gasteiger charge is 2.38. The molecule has 0 radical (unpaired) electrons. The largest absolute Gasteiger partial charge is 0.478 e. The molecule has 0 aliphatic carbocycles. The van der Waals surface area contributed by atoms with E-state index in [4.69, 9.17) is 5.11 Å². The maximum absolute atomic E-state index is 12.7. The van der Waals surface area contributed by atoms with Crippen LogP contribution < -0.4 is 0 Å². The van der Waals surface area contributed by atoms with Gasteiger partial charge in [0.05, 0.1) is 0 Å². The maximum Gasteiger partial charge on any atom is 0.434 e. The first-order valence-corrected chi connectivity index (χ1v) is 5.17. The Bertz CT molecular complexity index is 464. The van der Waals surface area contributed by atoms with Crippen molar-refractivity contribution in [1.29, 1.82) is 0 Å². The van der Waals surface area contributed by atoms with Crippen LogP contribution in [0.15, 0.2) is 6.20 Å². The highest BCUT2D eigenvalue weighted by atomic mass is 19.4. The molecule has 0 saturated carbocycles. The molecule has 0 aliphatic heterocycles. The third-order valence-corrected chi connectivity index (χ3v) is 2.03. The van der Waals surface area contributed by atoms with Gasteiger partial charge in [0.15, 0.2) is 5.69 Å². The number of hydrogen-bond donors (Lipinski definition) is 1. The van der Waals surface area contributed by atoms with Gasteiger partial charge >= 0.3 is 12.1 Å². The predicted octanol–water partition coefficient (Wildman–Crippen LogP) is 2.78. The standard InChI is InChI=1S/C11H13F3N2O2/c1-10(2,3)4-7-15-5-6(9(17)18)8(16-7)11(12,13)14/h5H,4H2,1-3H3,(H,17,18). The summed E-state index contributed by atoms with van der Waals surface area (Å²) in [5.41, 5.74) is -2.61. The van der Waals surface area contributed by atoms with Gasteiger partial charge in [-0.2, -0.15) is 13.2 Å². The van der Waals surface area contributed by atoms with Gasteiger partial charge < -0.3 is 5.11 Å². The third-order valence-electron chi connectivity index (χ3n) is 2.03. The van der Waals surface area contributed by atoms with E-state index in [9.17, 15) is 18.0 Å². The highest BCUT2D eigenvalue weighted by molar-refractivity contribution is 5.88. The third kappa shape index (κ3) is 3.68. The smallest absolute Gasteiger partial charge is 0.434 e. The predicted molar refractivity (Wildman–Crippen MR) is 57.2 cm³/mol. The minimum atomic E-state index is -4.80. The average Bonchev–Trinajstić information content (AvgIpc) is 2.13. The second-order valence-corrected chi connectivity index (χ2v) is 5.09. The van der Waals surface area contributed by atoms with E-state index < -0.39 is 23.4 Å². The van der Waals surface area contributed by atoms with Crippen LogP contribution in [0.3, 0.4) is 0 Å². The summed E-state index contributed by atoms with van der Waals surface area (Å²) in [6.07, 6.45) is -3.86. The van der Waals surface area contributed by atoms with E-state index in [0.717, 1.165) is 0 Å². The normalized spacial score (nSPS) is 12.6. The number of hydrogen-bond acceptors (Lipinski definition) is 3. The van der Waals surface area contributed by atoms with Crippen molar-refractivity contribution < 1.29 is 23.1 Å². The summed E-state index contributed by atoms with van der Waals surface area (Å²) in [6.45, 7) is 5.48. The maximum atomic E-state index is 12.7. The van der Waals surface area contributed by atoms with Crippen molar-refractivity contribution >= 4 is 5.97 Å². The Morgan fingerprint density at radius 1 is 1.33 bits per heavy atom. The number of carboxylic acid groups (broad SMARTS) is 1. The zero-order valence-corrected chi connectivity index (χ0v) is 10.2. The molecule has 1 rings (SSSR count). The Hall–Kier alpha value is -1.66. The Morgan fingerprint density at radius 3 is 2.28 bits per heavy atom. The molecule has 1 aromatic rings. The average molecular weight is 262 g/mol. The molecule has 4 nitrogen and oxygen atoms in total. The molecule has 0 unspecified atom stereocenters. The van der Waals surface area contributed by atoms with Crippen molar-refractivity contribution in [2.45, 2.75) is 33.4 Å². The van der Waals surface area contributed by atoms with Crippen molar-refractivity contribution in [3.8, 4) is 0 Å². The quantitative estimate of drug-likeness (QED) is 0.890. The van der Waals surface area contributed by atoms with Gasteiger partial charge in [-0.05, 0) is 5.41 Å². The molecule has 0 bridgehead atoms. The van der Waals surface area contributed by atoms with Crippen LogP contribution in [-0.4, -0.2) is 21.0 Å². The van der Waals surface area contributed by atoms with Gasteiger partial charge in [-0.15, -0.1) is 0 Å². The Kier molecular flexibility index (Phi) is 3.64. The fourth-order valence-electron chi connectivity index (χ4n) is 1.35. The molecule has 0 spiro atoms. The van der Waals surface area contributed by atoms with Gasteiger partial charge in [0.1, 0.15) is 11.4 Å². The first-order valence-electron chi connectivity index (χ1n) is 5.17. The van der Waals surface area contributed by atoms with Crippen LogP contribution in [0.1, 0.15) is 42.6 Å². The van der Waals surface area contributed by atoms with Crippen LogP contribution in [0, 0.1) is 5.41 Å². The molecule has 18 heavy (non-hydrogen) atoms. The van der Waals surface area contributed by atoms with E-state index >= 15 is 0 Å². The van der Waals surface area contributed by atoms with Crippen LogP contribution in [0.4, 0.5) is 13.2 Å². The van der Waals surface area contributed by atoms with E-state index in [1.807, 2.05) is 20.8 Å². The molecule has 0 aliphatic rings. The molecule has 7 heteroatoms. The lowest BCUT2D eigenvalue weighted by Crippen LogP contribution is -2.20. The first-order chi connectivity index (χ1) is 8.00. The van der Waals surface area contributed by atoms with Gasteiger partial charge in [-0.1, -0.05) is 20.8 Å². The Labute approximate surface area is 102 Å². The van der Waals surface area contributed by atoms with Gasteiger partial charge in [0, 0.05) is 12.6 Å². The molecule has 1 aromatic heterocycles. The van der Waals surface area contributed by atoms with Crippen molar-refractivity contribution in [2.75, 3.05) is 0 Å². The summed E-state index contributed by atoms with van der Waals surface area (Å²) < 4.78 is 38.0. The van der Waals surface area contributed by atoms with Gasteiger partial charge in [-0.3, -0.25) is 0 Å². The second kappa shape index (κ2) is 4.55. The van der Waals surface area contributed by atoms with Crippen molar-refractivity contribution in [1.82, 2.24) is 9.97 Å². The van der Waals surface area contributed by atoms with Crippen molar-refractivity contribution in [3.05, 3.63) is 23.3 Å². The van der Waals surface area contributed by atoms with Crippen molar-refractivity contribution in [2.24, 2.45) is 5.41 Å². The fourth-order valence-corrected chi connectivity index (χ4v) is 1.35. The lowest BCUT2D eigenvalue weighted by molar-refractivity contribution is -0.142. The molecule has 0 atom stereocenters. The summed E-state index contributed by atoms with van der Waals surface area (Å²) in [5, 5.41) is 8.67. The monoisotopic (exact) mass is 262 g/mol. The summed E-state index contributed by atoms with van der Waals surface area (Å²) in [6, 6.07) is 0. The van der Waals surface area contributed by atoms with Crippen LogP contribution in [0.25, 0.3) is 0 Å². The molecular formula is C11H13F3N2O2. The number of rotatable bonds is 2. The lowest BCUT2D eigenvalue weighted by Gasteiger charge is -2.18. The number of aromatic nitrogens is 2. The van der Waals surface area contributed by atoms with Crippen LogP contribution in [-0.2, 0) is 12.6 Å². The van der Waals surface area contributed by atoms with Crippen LogP contribution in [0.2, 0.25) is 0 Å². The van der Waals surface area contributed by atoms with Crippen molar-refractivity contribution in [3.63, 3.8) is 0 Å². The van der Waals surface area contributed by atoms with Crippen LogP contribution in [0.5, 0.6) is 0 Å². The molecular weight excluding hydrogens is 249 g/mol. The lowest BCUT2D eigenvalue weighted by atomic mass is 9.92. The molecule has 0 saturated heterocycles. The fraction of sp³-hybridized carbons (Fsp3) is 0.545. The number of nitrogens with zero attached hydrogens (tertiary/aromatic N) is 2. The summed E-state index contributed by atoms with van der Waals surface area (Å²) in [5.74, 6) is -1.70. The summed E-state index contributed by atoms with van der Waals surface area (Å²) in [7, 11) is 0. The SMILES string of the molecule is CC(C)(C)Cc1ncc(C(=O)O)c(C(F)(F)F)n1. The first kappa shape index (κ1) is 14.4. The van der Waals surface area contributed by atoms with E-state index in [1.165, 1.54) is 0 Å². The number of carbonyl (C=O) groups is 1. The van der Waals surface area contributed by atoms with E-state index in [-0.39, 0.29) is 17.7 Å². The molecule has 0 aromatic carbocycles. The van der Waals surface area contributed by atoms with E-state index in [2.05, 4.69) is 9.97 Å². The molecule has 1 N–H and O–H groups in total. The van der Waals surface area contributed by atoms with Gasteiger partial charge in [0.25, 0.3) is 0 Å². The zero-order valence-electron chi connectivity index (χ0n) is 10.2. The topological polar surface area (TPSA) is 63.1 Å². The van der Waals surface area contributed by atoms with E-state index in [0.29, 0.717) is 6.20 Å². The van der Waals surface area contributed by atoms with Crippen LogP contribution >= 0.6 is 0 Å². The summed E-state index contributed by atoms with van der Waals surface area (Å²) >= 11 is 0. The Morgan fingerprint density at radius 2 is 1.89 bits per heavy atom.